The molecule has 10 nitrogen and oxygen atoms in total. The van der Waals surface area contributed by atoms with Gasteiger partial charge in [0.1, 0.15) is 23.6 Å². The second-order valence-electron chi connectivity index (χ2n) is 9.75. The zero-order valence-corrected chi connectivity index (χ0v) is 21.1. The molecule has 2 aromatic heterocycles. The van der Waals surface area contributed by atoms with Crippen LogP contribution in [0.2, 0.25) is 0 Å². The average molecular weight is 514 g/mol. The Bertz CT molecular complexity index is 1390. The lowest BCUT2D eigenvalue weighted by atomic mass is 9.90. The molecule has 0 unspecified atom stereocenters. The first-order valence-corrected chi connectivity index (χ1v) is 13.1. The van der Waals surface area contributed by atoms with E-state index in [9.17, 15) is 4.79 Å². The van der Waals surface area contributed by atoms with Gasteiger partial charge in [-0.15, -0.1) is 0 Å². The maximum absolute atomic E-state index is 13.4. The van der Waals surface area contributed by atoms with Crippen LogP contribution in [0.25, 0.3) is 11.0 Å². The zero-order valence-electron chi connectivity index (χ0n) is 21.1. The van der Waals surface area contributed by atoms with Gasteiger partial charge in [-0.25, -0.2) is 14.6 Å². The standard InChI is InChI=1S/C28H31N7O3/c29-26-24-25(28(36)32-19-6-12-23(13-7-19)38-22-4-2-1-3-5-22)33-35(27(24)31-18-30-26)21-10-8-20(9-11-21)34-14-16-37-17-15-34/h1-7,12-13,18,20-21H,8-11,14-17H2,(H,32,36)(H2,29,30,31). The Morgan fingerprint density at radius 3 is 2.34 bits per heavy atom. The average Bonchev–Trinajstić information content (AvgIpc) is 3.37. The van der Waals surface area contributed by atoms with Crippen molar-refractivity contribution in [3.05, 3.63) is 66.6 Å². The molecule has 6 rings (SSSR count). The number of anilines is 2. The van der Waals surface area contributed by atoms with Crippen LogP contribution in [0.15, 0.2) is 60.9 Å². The smallest absolute Gasteiger partial charge is 0.277 e. The fraction of sp³-hybridized carbons (Fsp3) is 0.357. The van der Waals surface area contributed by atoms with Crippen molar-refractivity contribution in [2.75, 3.05) is 37.4 Å². The lowest BCUT2D eigenvalue weighted by molar-refractivity contribution is 0.00519. The van der Waals surface area contributed by atoms with E-state index in [0.717, 1.165) is 57.7 Å². The Kier molecular flexibility index (Phi) is 6.89. The molecular weight excluding hydrogens is 482 g/mol. The number of morpholine rings is 1. The van der Waals surface area contributed by atoms with Crippen LogP contribution in [-0.4, -0.2) is 62.9 Å². The number of nitrogens with two attached hydrogens (primary N) is 1. The summed E-state index contributed by atoms with van der Waals surface area (Å²) in [6.45, 7) is 3.60. The maximum Gasteiger partial charge on any atom is 0.277 e. The Morgan fingerprint density at radius 1 is 0.921 bits per heavy atom. The van der Waals surface area contributed by atoms with E-state index in [0.29, 0.717) is 28.5 Å². The second-order valence-corrected chi connectivity index (χ2v) is 9.75. The first-order chi connectivity index (χ1) is 18.7. The number of hydrogen-bond donors (Lipinski definition) is 2. The van der Waals surface area contributed by atoms with Crippen LogP contribution in [0, 0.1) is 0 Å². The van der Waals surface area contributed by atoms with Crippen LogP contribution in [-0.2, 0) is 4.74 Å². The van der Waals surface area contributed by atoms with E-state index in [1.54, 1.807) is 12.1 Å². The summed E-state index contributed by atoms with van der Waals surface area (Å²) in [6.07, 6.45) is 5.51. The van der Waals surface area contributed by atoms with Gasteiger partial charge >= 0.3 is 0 Å². The SMILES string of the molecule is Nc1ncnc2c1c(C(=O)Nc1ccc(Oc3ccccc3)cc1)nn2C1CCC(N2CCOCC2)CC1. The van der Waals surface area contributed by atoms with Crippen molar-refractivity contribution >= 4 is 28.4 Å². The molecular formula is C28H31N7O3. The van der Waals surface area contributed by atoms with Gasteiger partial charge in [-0.05, 0) is 62.1 Å². The molecule has 2 fully saturated rings. The zero-order chi connectivity index (χ0) is 25.9. The van der Waals surface area contributed by atoms with Crippen LogP contribution in [0.5, 0.6) is 11.5 Å². The monoisotopic (exact) mass is 513 g/mol. The molecule has 38 heavy (non-hydrogen) atoms. The number of rotatable bonds is 6. The third-order valence-corrected chi connectivity index (χ3v) is 7.40. The molecule has 1 aliphatic heterocycles. The first kappa shape index (κ1) is 24.3. The van der Waals surface area contributed by atoms with Crippen molar-refractivity contribution in [1.29, 1.82) is 0 Å². The molecule has 2 aromatic carbocycles. The molecule has 4 aromatic rings. The number of benzene rings is 2. The van der Waals surface area contributed by atoms with Gasteiger partial charge < -0.3 is 20.5 Å². The molecule has 0 radical (unpaired) electrons. The molecule has 1 aliphatic carbocycles. The van der Waals surface area contributed by atoms with Crippen LogP contribution in [0.1, 0.15) is 42.2 Å². The summed E-state index contributed by atoms with van der Waals surface area (Å²) in [5, 5.41) is 8.17. The van der Waals surface area contributed by atoms with E-state index in [1.807, 2.05) is 47.1 Å². The molecule has 3 N–H and O–H groups in total. The van der Waals surface area contributed by atoms with Gasteiger partial charge in [0.15, 0.2) is 11.3 Å². The van der Waals surface area contributed by atoms with E-state index in [2.05, 4.69) is 20.2 Å². The number of nitrogen functional groups attached to an aromatic ring is 1. The number of hydrogen-bond acceptors (Lipinski definition) is 8. The van der Waals surface area contributed by atoms with Gasteiger partial charge in [-0.1, -0.05) is 18.2 Å². The summed E-state index contributed by atoms with van der Waals surface area (Å²) >= 11 is 0. The van der Waals surface area contributed by atoms with Crippen LogP contribution < -0.4 is 15.8 Å². The number of nitrogens with one attached hydrogen (secondary N) is 1. The predicted molar refractivity (Wildman–Crippen MR) is 144 cm³/mol. The minimum atomic E-state index is -0.353. The van der Waals surface area contributed by atoms with Gasteiger partial charge in [-0.2, -0.15) is 5.10 Å². The fourth-order valence-electron chi connectivity index (χ4n) is 5.44. The Labute approximate surface area is 220 Å². The number of fused-ring (bicyclic) bond motifs is 1. The number of para-hydroxylation sites is 1. The number of carbonyl (C=O) groups excluding carboxylic acids is 1. The fourth-order valence-corrected chi connectivity index (χ4v) is 5.44. The van der Waals surface area contributed by atoms with Crippen LogP contribution >= 0.6 is 0 Å². The topological polar surface area (TPSA) is 120 Å². The highest BCUT2D eigenvalue weighted by Gasteiger charge is 2.31. The van der Waals surface area contributed by atoms with Gasteiger partial charge in [0.05, 0.1) is 24.6 Å². The lowest BCUT2D eigenvalue weighted by Crippen LogP contribution is -2.45. The number of ether oxygens (including phenoxy) is 2. The summed E-state index contributed by atoms with van der Waals surface area (Å²) in [6, 6.07) is 17.5. The van der Waals surface area contributed by atoms with E-state index in [4.69, 9.17) is 20.3 Å². The minimum absolute atomic E-state index is 0.153. The molecule has 1 saturated heterocycles. The quantitative estimate of drug-likeness (QED) is 0.392. The number of aromatic nitrogens is 4. The van der Waals surface area contributed by atoms with Crippen LogP contribution in [0.4, 0.5) is 11.5 Å². The van der Waals surface area contributed by atoms with Crippen molar-refractivity contribution in [3.8, 4) is 11.5 Å². The number of nitrogens with zero attached hydrogens (tertiary/aromatic N) is 5. The van der Waals surface area contributed by atoms with Crippen molar-refractivity contribution in [3.63, 3.8) is 0 Å². The van der Waals surface area contributed by atoms with E-state index in [-0.39, 0.29) is 23.5 Å². The van der Waals surface area contributed by atoms with Gasteiger partial charge in [0.25, 0.3) is 5.91 Å². The number of amides is 1. The second kappa shape index (κ2) is 10.8. The molecule has 3 heterocycles. The predicted octanol–water partition coefficient (Wildman–Crippen LogP) is 4.27. The molecule has 196 valence electrons. The Morgan fingerprint density at radius 2 is 1.61 bits per heavy atom. The summed E-state index contributed by atoms with van der Waals surface area (Å²) < 4.78 is 13.2. The van der Waals surface area contributed by atoms with Crippen molar-refractivity contribution in [1.82, 2.24) is 24.6 Å². The summed E-state index contributed by atoms with van der Waals surface area (Å²) in [7, 11) is 0. The highest BCUT2D eigenvalue weighted by atomic mass is 16.5. The minimum Gasteiger partial charge on any atom is -0.457 e. The number of carbonyl (C=O) groups is 1. The summed E-state index contributed by atoms with van der Waals surface area (Å²) in [4.78, 5) is 24.5. The van der Waals surface area contributed by atoms with Crippen molar-refractivity contribution in [2.45, 2.75) is 37.8 Å². The first-order valence-electron chi connectivity index (χ1n) is 13.1. The normalized spacial score (nSPS) is 20.3. The highest BCUT2D eigenvalue weighted by molar-refractivity contribution is 6.13. The maximum atomic E-state index is 13.4. The molecule has 1 amide bonds. The summed E-state index contributed by atoms with van der Waals surface area (Å²) in [5.74, 6) is 1.32. The lowest BCUT2D eigenvalue weighted by Gasteiger charge is -2.38. The molecule has 2 aliphatic rings. The molecule has 0 bridgehead atoms. The van der Waals surface area contributed by atoms with E-state index in [1.165, 1.54) is 6.33 Å². The van der Waals surface area contributed by atoms with E-state index < -0.39 is 0 Å². The Balaban J connectivity index is 1.18. The largest absolute Gasteiger partial charge is 0.457 e. The van der Waals surface area contributed by atoms with Gasteiger partial charge in [-0.3, -0.25) is 9.69 Å². The van der Waals surface area contributed by atoms with Gasteiger partial charge in [0.2, 0.25) is 0 Å². The third-order valence-electron chi connectivity index (χ3n) is 7.40. The van der Waals surface area contributed by atoms with Gasteiger partial charge in [0, 0.05) is 24.8 Å². The summed E-state index contributed by atoms with van der Waals surface area (Å²) in [5.41, 5.74) is 7.68. The molecule has 1 saturated carbocycles. The van der Waals surface area contributed by atoms with Crippen molar-refractivity contribution in [2.24, 2.45) is 0 Å². The molecule has 10 heteroatoms. The third kappa shape index (κ3) is 5.05. The Hall–Kier alpha value is -4.02. The van der Waals surface area contributed by atoms with E-state index >= 15 is 0 Å². The van der Waals surface area contributed by atoms with Crippen molar-refractivity contribution < 1.29 is 14.3 Å². The molecule has 0 atom stereocenters. The van der Waals surface area contributed by atoms with Crippen LogP contribution in [0.3, 0.4) is 0 Å². The molecule has 0 spiro atoms. The highest BCUT2D eigenvalue weighted by Crippen LogP contribution is 2.34.